The van der Waals surface area contributed by atoms with Crippen LogP contribution in [0, 0.1) is 0 Å². The molecule has 4 unspecified atom stereocenters. The Morgan fingerprint density at radius 1 is 1.20 bits per heavy atom. The van der Waals surface area contributed by atoms with E-state index in [4.69, 9.17) is 4.74 Å². The minimum Gasteiger partial charge on any atom is -0.380 e. The van der Waals surface area contributed by atoms with Crippen LogP contribution in [0.4, 0.5) is 0 Å². The van der Waals surface area contributed by atoms with Gasteiger partial charge in [0.25, 0.3) is 0 Å². The van der Waals surface area contributed by atoms with Gasteiger partial charge < -0.3 is 4.74 Å². The summed E-state index contributed by atoms with van der Waals surface area (Å²) in [6.07, 6.45) is 2.34. The smallest absolute Gasteiger partial charge is 0.0597 e. The van der Waals surface area contributed by atoms with Crippen LogP contribution in [0.2, 0.25) is 0 Å². The fourth-order valence-corrected chi connectivity index (χ4v) is 5.95. The van der Waals surface area contributed by atoms with Crippen molar-refractivity contribution in [1.82, 2.24) is 4.67 Å². The molecule has 1 rings (SSSR count). The summed E-state index contributed by atoms with van der Waals surface area (Å²) < 4.78 is 8.27. The van der Waals surface area contributed by atoms with Crippen LogP contribution in [0.5, 0.6) is 0 Å². The largest absolute Gasteiger partial charge is 0.380 e. The first-order chi connectivity index (χ1) is 9.77. The number of rotatable bonds is 11. The van der Waals surface area contributed by atoms with Gasteiger partial charge in [-0.3, -0.25) is 4.67 Å². The quantitative estimate of drug-likeness (QED) is 0.279. The minimum absolute atomic E-state index is 0.140. The molecule has 0 aliphatic carbocycles. The van der Waals surface area contributed by atoms with Crippen LogP contribution in [0.25, 0.3) is 0 Å². The maximum atomic E-state index is 5.73. The van der Waals surface area contributed by atoms with E-state index in [2.05, 4.69) is 68.8 Å². The lowest BCUT2D eigenvalue weighted by molar-refractivity contribution is 0.121. The molecule has 0 bridgehead atoms. The second-order valence-corrected chi connectivity index (χ2v) is 14.2. The molecule has 2 nitrogen and oxygen atoms in total. The fraction of sp³-hybridized carbons (Fsp3) is 0.538. The van der Waals surface area contributed by atoms with E-state index in [-0.39, 0.29) is 7.45 Å². The molecule has 0 aliphatic heterocycles. The number of halogens is 1. The van der Waals surface area contributed by atoms with Gasteiger partial charge in [-0.2, -0.15) is 0 Å². The maximum Gasteiger partial charge on any atom is 0.0597 e. The monoisotopic (exact) mass is 413 g/mol. The Labute approximate surface area is 139 Å². The number of hydrogen-bond donors (Lipinski definition) is 0. The third kappa shape index (κ3) is 8.70. The Balaban J connectivity index is 2.33. The van der Waals surface area contributed by atoms with E-state index in [1.165, 1.54) is 12.0 Å². The van der Waals surface area contributed by atoms with Crippen molar-refractivity contribution in [2.45, 2.75) is 19.4 Å². The highest BCUT2D eigenvalue weighted by molar-refractivity contribution is 9.09. The second-order valence-electron chi connectivity index (χ2n) is 4.36. The van der Waals surface area contributed by atoms with E-state index in [0.717, 1.165) is 46.0 Å². The van der Waals surface area contributed by atoms with Crippen LogP contribution < -0.4 is 0 Å². The van der Waals surface area contributed by atoms with Crippen molar-refractivity contribution in [1.29, 1.82) is 0 Å². The number of hydrogen-bond acceptors (Lipinski definition) is 2. The molecule has 114 valence electrons. The Morgan fingerprint density at radius 2 is 1.95 bits per heavy atom. The molecule has 0 amide bonds. The maximum absolute atomic E-state index is 5.73. The summed E-state index contributed by atoms with van der Waals surface area (Å²) in [5.74, 6) is 0. The van der Waals surface area contributed by atoms with E-state index < -0.39 is 0 Å². The molecular weight excluding hydrogens is 390 g/mol. The standard InChI is InChI=1S/C13H24BrNOP4/c14-8-4-5-10-16-11-9-15(20(18)19-17)12-13-6-2-1-3-7-13/h1-3,6-7,19H,4-5,8-12,17-18H2. The van der Waals surface area contributed by atoms with Gasteiger partial charge in [-0.05, 0) is 18.4 Å². The average Bonchev–Trinajstić information content (AvgIpc) is 2.49. The first-order valence-electron chi connectivity index (χ1n) is 6.71. The van der Waals surface area contributed by atoms with Crippen LogP contribution in [-0.2, 0) is 11.3 Å². The molecule has 4 atom stereocenters. The fourth-order valence-electron chi connectivity index (χ4n) is 1.71. The topological polar surface area (TPSA) is 12.5 Å². The molecule has 0 aromatic heterocycles. The van der Waals surface area contributed by atoms with Crippen LogP contribution in [0.1, 0.15) is 18.4 Å². The third-order valence-electron chi connectivity index (χ3n) is 2.81. The third-order valence-corrected chi connectivity index (χ3v) is 13.6. The molecule has 0 saturated heterocycles. The predicted octanol–water partition coefficient (Wildman–Crippen LogP) is 5.25. The van der Waals surface area contributed by atoms with Gasteiger partial charge in [-0.15, -0.1) is 8.93 Å². The summed E-state index contributed by atoms with van der Waals surface area (Å²) in [4.78, 5) is 0. The van der Waals surface area contributed by atoms with Gasteiger partial charge >= 0.3 is 0 Å². The number of alkyl halides is 1. The molecule has 0 saturated carbocycles. The van der Waals surface area contributed by atoms with Gasteiger partial charge in [-0.25, -0.2) is 0 Å². The highest BCUT2D eigenvalue weighted by Gasteiger charge is 2.12. The second kappa shape index (κ2) is 12.8. The normalized spacial score (nSPS) is 13.4. The molecule has 20 heavy (non-hydrogen) atoms. The molecule has 1 aromatic carbocycles. The lowest BCUT2D eigenvalue weighted by Gasteiger charge is -2.27. The minimum atomic E-state index is -0.140. The molecule has 0 radical (unpaired) electrons. The van der Waals surface area contributed by atoms with E-state index in [0.29, 0.717) is 0 Å². The zero-order valence-corrected chi connectivity index (χ0v) is 17.5. The van der Waals surface area contributed by atoms with Crippen LogP contribution >= 0.6 is 49.2 Å². The van der Waals surface area contributed by atoms with E-state index in [9.17, 15) is 0 Å². The van der Waals surface area contributed by atoms with Crippen LogP contribution in [0.3, 0.4) is 0 Å². The van der Waals surface area contributed by atoms with Gasteiger partial charge in [0.15, 0.2) is 0 Å². The Kier molecular flexibility index (Phi) is 12.4. The first-order valence-corrected chi connectivity index (χ1v) is 14.4. The molecule has 0 spiro atoms. The summed E-state index contributed by atoms with van der Waals surface area (Å²) in [7, 11) is 6.63. The number of ether oxygens (including phenoxy) is 1. The van der Waals surface area contributed by atoms with Crippen LogP contribution in [0.15, 0.2) is 30.3 Å². The zero-order chi connectivity index (χ0) is 14.6. The van der Waals surface area contributed by atoms with Gasteiger partial charge in [0, 0.05) is 32.5 Å². The van der Waals surface area contributed by atoms with Crippen molar-refractivity contribution in [3.8, 4) is 0 Å². The summed E-state index contributed by atoms with van der Waals surface area (Å²) in [6.45, 7) is 3.74. The van der Waals surface area contributed by atoms with Gasteiger partial charge in [0.1, 0.15) is 0 Å². The lowest BCUT2D eigenvalue weighted by atomic mass is 10.2. The molecular formula is C13H24BrNOP4. The van der Waals surface area contributed by atoms with Crippen molar-refractivity contribution >= 4 is 49.2 Å². The van der Waals surface area contributed by atoms with Crippen molar-refractivity contribution in [3.05, 3.63) is 35.9 Å². The van der Waals surface area contributed by atoms with E-state index >= 15 is 0 Å². The average molecular weight is 414 g/mol. The summed E-state index contributed by atoms with van der Waals surface area (Å²) in [5.41, 5.74) is 1.38. The lowest BCUT2D eigenvalue weighted by Crippen LogP contribution is -2.20. The Bertz CT molecular complexity index is 344. The molecule has 0 aliphatic rings. The molecule has 7 heteroatoms. The Hall–Kier alpha value is 1.34. The van der Waals surface area contributed by atoms with Crippen molar-refractivity contribution in [2.75, 3.05) is 25.1 Å². The van der Waals surface area contributed by atoms with Gasteiger partial charge in [0.2, 0.25) is 0 Å². The molecule has 1 aromatic rings. The zero-order valence-electron chi connectivity index (χ0n) is 11.7. The Morgan fingerprint density at radius 3 is 2.60 bits per heavy atom. The highest BCUT2D eigenvalue weighted by Crippen LogP contribution is 2.68. The van der Waals surface area contributed by atoms with E-state index in [1.807, 2.05) is 0 Å². The summed E-state index contributed by atoms with van der Waals surface area (Å²) >= 11 is 3.44. The van der Waals surface area contributed by atoms with Crippen molar-refractivity contribution < 1.29 is 4.74 Å². The van der Waals surface area contributed by atoms with Gasteiger partial charge in [-0.1, -0.05) is 63.1 Å². The molecule has 0 heterocycles. The van der Waals surface area contributed by atoms with Crippen molar-refractivity contribution in [2.24, 2.45) is 0 Å². The van der Waals surface area contributed by atoms with Gasteiger partial charge in [0.05, 0.1) is 6.61 Å². The number of unbranched alkanes of at least 4 members (excludes halogenated alkanes) is 1. The molecule has 0 fully saturated rings. The van der Waals surface area contributed by atoms with Crippen molar-refractivity contribution in [3.63, 3.8) is 0 Å². The summed E-state index contributed by atoms with van der Waals surface area (Å²) in [6, 6.07) is 10.7. The van der Waals surface area contributed by atoms with Crippen LogP contribution in [-0.4, -0.2) is 29.8 Å². The first kappa shape index (κ1) is 19.4. The van der Waals surface area contributed by atoms with E-state index in [1.54, 1.807) is 0 Å². The summed E-state index contributed by atoms with van der Waals surface area (Å²) in [5, 5.41) is 1.07. The number of benzene rings is 1. The SMILES string of the molecule is PPP(P)N(CCOCCCCBr)Cc1ccccc1. The number of nitrogens with zero attached hydrogens (tertiary/aromatic N) is 1. The molecule has 0 N–H and O–H groups in total. The highest BCUT2D eigenvalue weighted by atomic mass is 79.9. The predicted molar refractivity (Wildman–Crippen MR) is 105 cm³/mol.